The van der Waals surface area contributed by atoms with Gasteiger partial charge in [0.1, 0.15) is 0 Å². The van der Waals surface area contributed by atoms with Crippen LogP contribution in [0.4, 0.5) is 4.39 Å². The van der Waals surface area contributed by atoms with Crippen molar-refractivity contribution in [2.75, 3.05) is 25.7 Å². The maximum atomic E-state index is 12.9. The highest BCUT2D eigenvalue weighted by Gasteiger charge is 2.40. The molecule has 0 aromatic carbocycles. The summed E-state index contributed by atoms with van der Waals surface area (Å²) in [6, 6.07) is 0. The summed E-state index contributed by atoms with van der Waals surface area (Å²) in [7, 11) is -0.449. The Morgan fingerprint density at radius 2 is 2.00 bits per heavy atom. The van der Waals surface area contributed by atoms with E-state index in [1.807, 2.05) is 12.5 Å². The Morgan fingerprint density at radius 1 is 1.50 bits per heavy atom. The Bertz CT molecular complexity index is 90.4. The van der Waals surface area contributed by atoms with Crippen molar-refractivity contribution in [2.45, 2.75) is 5.00 Å². The van der Waals surface area contributed by atoms with E-state index in [0.29, 0.717) is 13.2 Å². The first kappa shape index (κ1) is 6.36. The zero-order valence-corrected chi connectivity index (χ0v) is 6.04. The first-order valence-electron chi connectivity index (χ1n) is 2.59. The second kappa shape index (κ2) is 1.88. The number of rotatable bonds is 1. The first-order chi connectivity index (χ1) is 3.65. The van der Waals surface area contributed by atoms with Gasteiger partial charge in [0.2, 0.25) is 0 Å². The van der Waals surface area contributed by atoms with Crippen LogP contribution < -0.4 is 0 Å². The predicted molar refractivity (Wildman–Crippen MR) is 35.5 cm³/mol. The van der Waals surface area contributed by atoms with Gasteiger partial charge in [-0.25, -0.2) is 15.3 Å². The van der Waals surface area contributed by atoms with Crippen LogP contribution in [0.25, 0.3) is 0 Å². The molecule has 0 saturated carbocycles. The minimum Gasteiger partial charge on any atom is -0.373 e. The van der Waals surface area contributed by atoms with Crippen LogP contribution in [0.5, 0.6) is 0 Å². The zero-order valence-electron chi connectivity index (χ0n) is 5.15. The summed E-state index contributed by atoms with van der Waals surface area (Å²) in [6.45, 7) is 0.650. The van der Waals surface area contributed by atoms with Gasteiger partial charge in [0.05, 0.1) is 13.2 Å². The molecule has 1 aliphatic rings. The van der Waals surface area contributed by atoms with Gasteiger partial charge in [0.15, 0.2) is 5.00 Å². The van der Waals surface area contributed by atoms with Crippen molar-refractivity contribution >= 4 is 10.9 Å². The molecule has 0 atom stereocenters. The van der Waals surface area contributed by atoms with Gasteiger partial charge in [-0.15, -0.1) is 0 Å². The normalized spacial score (nSPS) is 26.6. The molecular weight excluding hydrogens is 127 g/mol. The Morgan fingerprint density at radius 3 is 2.00 bits per heavy atom. The molecule has 8 heavy (non-hydrogen) atoms. The quantitative estimate of drug-likeness (QED) is 0.531. The zero-order chi connectivity index (χ0) is 6.20. The minimum atomic E-state index is -0.935. The van der Waals surface area contributed by atoms with Gasteiger partial charge in [-0.3, -0.25) is 0 Å². The average Bonchev–Trinajstić information content (AvgIpc) is 1.60. The number of hydrogen-bond acceptors (Lipinski definition) is 1. The van der Waals surface area contributed by atoms with Crippen molar-refractivity contribution in [3.05, 3.63) is 0 Å². The van der Waals surface area contributed by atoms with E-state index in [0.717, 1.165) is 0 Å². The summed E-state index contributed by atoms with van der Waals surface area (Å²) >= 11 is 0. The summed E-state index contributed by atoms with van der Waals surface area (Å²) in [5.41, 5.74) is 0. The fourth-order valence-corrected chi connectivity index (χ4v) is 1.23. The standard InChI is InChI=1S/C5H11FOS/c1-8(2)5(6)3-7-4-5/h8H,3-4H2,1-2H3. The minimum absolute atomic E-state index is 0.325. The smallest absolute Gasteiger partial charge is 0.185 e. The summed E-state index contributed by atoms with van der Waals surface area (Å²) < 4.78 is 17.7. The van der Waals surface area contributed by atoms with Crippen molar-refractivity contribution in [3.63, 3.8) is 0 Å². The Hall–Kier alpha value is 0.240. The predicted octanol–water partition coefficient (Wildman–Crippen LogP) is 0.943. The van der Waals surface area contributed by atoms with Gasteiger partial charge in [-0.05, 0) is 12.5 Å². The molecule has 1 saturated heterocycles. The molecule has 0 aliphatic carbocycles. The molecule has 1 nitrogen and oxygen atoms in total. The molecule has 0 amide bonds. The number of hydrogen-bond donors (Lipinski definition) is 1. The molecule has 1 heterocycles. The molecule has 50 valence electrons. The summed E-state index contributed by atoms with van der Waals surface area (Å²) in [5.74, 6) is 0. The molecule has 0 radical (unpaired) electrons. The molecule has 3 heteroatoms. The Labute approximate surface area is 51.6 Å². The molecule has 1 fully saturated rings. The lowest BCUT2D eigenvalue weighted by Gasteiger charge is -2.39. The van der Waals surface area contributed by atoms with Crippen molar-refractivity contribution in [3.8, 4) is 0 Å². The third kappa shape index (κ3) is 0.845. The summed E-state index contributed by atoms with van der Waals surface area (Å²) in [5, 5.41) is -0.935. The largest absolute Gasteiger partial charge is 0.373 e. The van der Waals surface area contributed by atoms with E-state index < -0.39 is 15.9 Å². The summed E-state index contributed by atoms with van der Waals surface area (Å²) in [4.78, 5) is 0. The molecule has 0 unspecified atom stereocenters. The van der Waals surface area contributed by atoms with Crippen LogP contribution >= 0.6 is 10.9 Å². The number of alkyl halides is 1. The molecule has 0 bridgehead atoms. The summed E-state index contributed by atoms with van der Waals surface area (Å²) in [6.07, 6.45) is 3.88. The lowest BCUT2D eigenvalue weighted by atomic mass is 10.3. The van der Waals surface area contributed by atoms with Crippen LogP contribution in [0.3, 0.4) is 0 Å². The fraction of sp³-hybridized carbons (Fsp3) is 1.00. The molecule has 0 N–H and O–H groups in total. The van der Waals surface area contributed by atoms with Crippen molar-refractivity contribution in [1.82, 2.24) is 0 Å². The van der Waals surface area contributed by atoms with Crippen LogP contribution in [-0.4, -0.2) is 30.7 Å². The SMILES string of the molecule is C[SH](C)C1(F)COC1. The van der Waals surface area contributed by atoms with Gasteiger partial charge in [-0.1, -0.05) is 0 Å². The lowest BCUT2D eigenvalue weighted by Crippen LogP contribution is -2.44. The lowest BCUT2D eigenvalue weighted by molar-refractivity contribution is -0.0732. The monoisotopic (exact) mass is 138 g/mol. The van der Waals surface area contributed by atoms with E-state index in [-0.39, 0.29) is 0 Å². The van der Waals surface area contributed by atoms with Crippen LogP contribution in [0.1, 0.15) is 0 Å². The topological polar surface area (TPSA) is 9.23 Å². The maximum Gasteiger partial charge on any atom is 0.185 e. The van der Waals surface area contributed by atoms with Gasteiger partial charge < -0.3 is 4.74 Å². The molecule has 0 aromatic heterocycles. The van der Waals surface area contributed by atoms with Gasteiger partial charge in [0, 0.05) is 0 Å². The van der Waals surface area contributed by atoms with Crippen LogP contribution in [0.15, 0.2) is 0 Å². The van der Waals surface area contributed by atoms with E-state index in [1.165, 1.54) is 0 Å². The van der Waals surface area contributed by atoms with E-state index in [9.17, 15) is 4.39 Å². The molecule has 1 aliphatic heterocycles. The average molecular weight is 138 g/mol. The van der Waals surface area contributed by atoms with E-state index in [1.54, 1.807) is 0 Å². The third-order valence-electron chi connectivity index (χ3n) is 1.45. The Kier molecular flexibility index (Phi) is 1.50. The highest BCUT2D eigenvalue weighted by atomic mass is 32.2. The van der Waals surface area contributed by atoms with Crippen molar-refractivity contribution in [2.24, 2.45) is 0 Å². The molecule has 0 aromatic rings. The number of halogens is 1. The maximum absolute atomic E-state index is 12.9. The van der Waals surface area contributed by atoms with Crippen LogP contribution in [0.2, 0.25) is 0 Å². The van der Waals surface area contributed by atoms with Gasteiger partial charge in [0.25, 0.3) is 0 Å². The third-order valence-corrected chi connectivity index (χ3v) is 3.31. The fourth-order valence-electron chi connectivity index (χ4n) is 0.529. The Balaban J connectivity index is 2.41. The van der Waals surface area contributed by atoms with Crippen LogP contribution in [0, 0.1) is 0 Å². The second-order valence-corrected chi connectivity index (χ2v) is 4.90. The molecule has 0 spiro atoms. The highest BCUT2D eigenvalue weighted by Crippen LogP contribution is 2.41. The first-order valence-corrected chi connectivity index (χ1v) is 4.83. The van der Waals surface area contributed by atoms with Crippen molar-refractivity contribution < 1.29 is 9.13 Å². The van der Waals surface area contributed by atoms with E-state index in [2.05, 4.69) is 0 Å². The van der Waals surface area contributed by atoms with E-state index in [4.69, 9.17) is 4.74 Å². The number of thiol groups is 1. The molecule has 1 rings (SSSR count). The second-order valence-electron chi connectivity index (χ2n) is 2.31. The number of ether oxygens (including phenoxy) is 1. The highest BCUT2D eigenvalue weighted by molar-refractivity contribution is 8.17. The van der Waals surface area contributed by atoms with Gasteiger partial charge >= 0.3 is 0 Å². The van der Waals surface area contributed by atoms with E-state index >= 15 is 0 Å². The van der Waals surface area contributed by atoms with Crippen LogP contribution in [-0.2, 0) is 4.74 Å². The molecular formula is C5H11FOS. The van der Waals surface area contributed by atoms with Gasteiger partial charge in [-0.2, -0.15) is 0 Å². The van der Waals surface area contributed by atoms with Crippen molar-refractivity contribution in [1.29, 1.82) is 0 Å².